The van der Waals surface area contributed by atoms with Crippen LogP contribution >= 0.6 is 0 Å². The molecule has 0 fully saturated rings. The molecule has 22 heavy (non-hydrogen) atoms. The molecule has 2 aromatic carbocycles. The predicted molar refractivity (Wildman–Crippen MR) is 89.4 cm³/mol. The maximum Gasteiger partial charge on any atom is 0.139 e. The molecule has 0 radical (unpaired) electrons. The molecular weight excluding hydrogens is 270 g/mol. The third-order valence-electron chi connectivity index (χ3n) is 4.21. The number of fused-ring (bicyclic) bond motifs is 1. The second-order valence-electron chi connectivity index (χ2n) is 5.64. The molecule has 0 saturated heterocycles. The summed E-state index contributed by atoms with van der Waals surface area (Å²) in [7, 11) is 0. The van der Waals surface area contributed by atoms with E-state index in [0.717, 1.165) is 24.3 Å². The Hall–Kier alpha value is -2.68. The maximum absolute atomic E-state index is 4.45. The third-order valence-corrected chi connectivity index (χ3v) is 4.21. The summed E-state index contributed by atoms with van der Waals surface area (Å²) in [5, 5.41) is 0. The van der Waals surface area contributed by atoms with Gasteiger partial charge in [0.1, 0.15) is 12.1 Å². The van der Waals surface area contributed by atoms with E-state index in [1.165, 1.54) is 22.4 Å². The van der Waals surface area contributed by atoms with Crippen molar-refractivity contribution in [2.75, 3.05) is 11.4 Å². The summed E-state index contributed by atoms with van der Waals surface area (Å²) < 4.78 is 0. The summed E-state index contributed by atoms with van der Waals surface area (Å²) in [6.07, 6.45) is 4.55. The first kappa shape index (κ1) is 13.0. The second kappa shape index (κ2) is 5.26. The Kier molecular flexibility index (Phi) is 3.11. The van der Waals surface area contributed by atoms with Crippen LogP contribution < -0.4 is 4.90 Å². The standard InChI is InChI=1S/C19H17N3/c1-14-12-20-13-21-19(14)22-10-9-17-11-16(7-8-18(17)22)15-5-3-2-4-6-15/h2-8,11-13H,9-10H2,1H3. The lowest BCUT2D eigenvalue weighted by atomic mass is 10.0. The smallest absolute Gasteiger partial charge is 0.139 e. The number of aromatic nitrogens is 2. The minimum Gasteiger partial charge on any atom is -0.325 e. The van der Waals surface area contributed by atoms with Crippen molar-refractivity contribution in [3.8, 4) is 11.1 Å². The third kappa shape index (κ3) is 2.15. The number of rotatable bonds is 2. The van der Waals surface area contributed by atoms with Gasteiger partial charge in [-0.1, -0.05) is 36.4 Å². The van der Waals surface area contributed by atoms with Crippen LogP contribution in [0, 0.1) is 6.92 Å². The van der Waals surface area contributed by atoms with Gasteiger partial charge in [-0.05, 0) is 42.2 Å². The van der Waals surface area contributed by atoms with Crippen LogP contribution in [0.2, 0.25) is 0 Å². The fourth-order valence-electron chi connectivity index (χ4n) is 3.11. The van der Waals surface area contributed by atoms with Crippen molar-refractivity contribution in [1.29, 1.82) is 0 Å². The summed E-state index contributed by atoms with van der Waals surface area (Å²) in [5.41, 5.74) is 6.31. The van der Waals surface area contributed by atoms with E-state index in [1.807, 2.05) is 6.20 Å². The van der Waals surface area contributed by atoms with Gasteiger partial charge in [-0.3, -0.25) is 0 Å². The molecule has 3 nitrogen and oxygen atoms in total. The van der Waals surface area contributed by atoms with Crippen molar-refractivity contribution >= 4 is 11.5 Å². The van der Waals surface area contributed by atoms with E-state index in [4.69, 9.17) is 0 Å². The molecule has 0 spiro atoms. The minimum atomic E-state index is 0.978. The van der Waals surface area contributed by atoms with Crippen LogP contribution in [0.5, 0.6) is 0 Å². The van der Waals surface area contributed by atoms with Gasteiger partial charge in [0, 0.05) is 24.0 Å². The quantitative estimate of drug-likeness (QED) is 0.709. The van der Waals surface area contributed by atoms with Crippen LogP contribution in [0.3, 0.4) is 0 Å². The van der Waals surface area contributed by atoms with Gasteiger partial charge in [-0.25, -0.2) is 9.97 Å². The molecular formula is C19H17N3. The average molecular weight is 287 g/mol. The fourth-order valence-corrected chi connectivity index (χ4v) is 3.11. The van der Waals surface area contributed by atoms with Crippen molar-refractivity contribution in [3.63, 3.8) is 0 Å². The SMILES string of the molecule is Cc1cncnc1N1CCc2cc(-c3ccccc3)ccc21. The van der Waals surface area contributed by atoms with E-state index in [2.05, 4.69) is 70.3 Å². The van der Waals surface area contributed by atoms with Gasteiger partial charge in [0.05, 0.1) is 0 Å². The van der Waals surface area contributed by atoms with Crippen LogP contribution in [-0.2, 0) is 6.42 Å². The van der Waals surface area contributed by atoms with Crippen LogP contribution in [0.4, 0.5) is 11.5 Å². The van der Waals surface area contributed by atoms with Crippen LogP contribution in [0.1, 0.15) is 11.1 Å². The normalized spacial score (nSPS) is 13.2. The molecule has 1 aliphatic rings. The first-order valence-corrected chi connectivity index (χ1v) is 7.55. The molecule has 0 aliphatic carbocycles. The second-order valence-corrected chi connectivity index (χ2v) is 5.64. The maximum atomic E-state index is 4.45. The Morgan fingerprint density at radius 2 is 1.86 bits per heavy atom. The van der Waals surface area contributed by atoms with E-state index < -0.39 is 0 Å². The number of aryl methyl sites for hydroxylation is 1. The summed E-state index contributed by atoms with van der Waals surface area (Å²) >= 11 is 0. The number of benzene rings is 2. The number of hydrogen-bond acceptors (Lipinski definition) is 3. The lowest BCUT2D eigenvalue weighted by molar-refractivity contribution is 0.953. The largest absolute Gasteiger partial charge is 0.325 e. The zero-order valence-corrected chi connectivity index (χ0v) is 12.5. The van der Waals surface area contributed by atoms with Crippen LogP contribution in [0.25, 0.3) is 11.1 Å². The molecule has 0 unspecified atom stereocenters. The Labute approximate surface area is 130 Å². The summed E-state index contributed by atoms with van der Waals surface area (Å²) in [4.78, 5) is 10.8. The van der Waals surface area contributed by atoms with Gasteiger partial charge in [0.2, 0.25) is 0 Å². The van der Waals surface area contributed by atoms with Gasteiger partial charge in [0.25, 0.3) is 0 Å². The van der Waals surface area contributed by atoms with Gasteiger partial charge in [0.15, 0.2) is 0 Å². The molecule has 108 valence electrons. The highest BCUT2D eigenvalue weighted by atomic mass is 15.2. The van der Waals surface area contributed by atoms with E-state index in [0.29, 0.717) is 0 Å². The zero-order chi connectivity index (χ0) is 14.9. The van der Waals surface area contributed by atoms with Gasteiger partial charge in [-0.2, -0.15) is 0 Å². The zero-order valence-electron chi connectivity index (χ0n) is 12.5. The van der Waals surface area contributed by atoms with Crippen molar-refractivity contribution < 1.29 is 0 Å². The Balaban J connectivity index is 1.74. The molecule has 1 aromatic heterocycles. The molecule has 3 aromatic rings. The van der Waals surface area contributed by atoms with E-state index in [-0.39, 0.29) is 0 Å². The average Bonchev–Trinajstić information content (AvgIpc) is 2.99. The van der Waals surface area contributed by atoms with E-state index in [9.17, 15) is 0 Å². The minimum absolute atomic E-state index is 0.978. The van der Waals surface area contributed by atoms with E-state index in [1.54, 1.807) is 6.33 Å². The molecule has 0 saturated carbocycles. The highest BCUT2D eigenvalue weighted by molar-refractivity contribution is 5.74. The number of nitrogens with zero attached hydrogens (tertiary/aromatic N) is 3. The summed E-state index contributed by atoms with van der Waals surface area (Å²) in [6, 6.07) is 17.2. The Bertz CT molecular complexity index is 812. The Morgan fingerprint density at radius 3 is 2.68 bits per heavy atom. The van der Waals surface area contributed by atoms with Gasteiger partial charge < -0.3 is 4.90 Å². The lowest BCUT2D eigenvalue weighted by Gasteiger charge is -2.20. The lowest BCUT2D eigenvalue weighted by Crippen LogP contribution is -2.16. The van der Waals surface area contributed by atoms with Gasteiger partial charge in [-0.15, -0.1) is 0 Å². The van der Waals surface area contributed by atoms with Crippen LogP contribution in [-0.4, -0.2) is 16.5 Å². The highest BCUT2D eigenvalue weighted by Gasteiger charge is 2.22. The first-order chi connectivity index (χ1) is 10.8. The molecule has 0 amide bonds. The fraction of sp³-hybridized carbons (Fsp3) is 0.158. The summed E-state index contributed by atoms with van der Waals surface area (Å²) in [5.74, 6) is 1.02. The number of anilines is 2. The topological polar surface area (TPSA) is 29.0 Å². The molecule has 0 atom stereocenters. The molecule has 4 rings (SSSR count). The molecule has 3 heteroatoms. The van der Waals surface area contributed by atoms with Crippen molar-refractivity contribution in [2.24, 2.45) is 0 Å². The molecule has 0 N–H and O–H groups in total. The van der Waals surface area contributed by atoms with Crippen LogP contribution in [0.15, 0.2) is 61.1 Å². The number of hydrogen-bond donors (Lipinski definition) is 0. The molecule has 2 heterocycles. The van der Waals surface area contributed by atoms with Crippen molar-refractivity contribution in [1.82, 2.24) is 9.97 Å². The highest BCUT2D eigenvalue weighted by Crippen LogP contribution is 2.36. The summed E-state index contributed by atoms with van der Waals surface area (Å²) in [6.45, 7) is 3.04. The predicted octanol–water partition coefficient (Wildman–Crippen LogP) is 4.15. The molecule has 0 bridgehead atoms. The van der Waals surface area contributed by atoms with E-state index >= 15 is 0 Å². The monoisotopic (exact) mass is 287 g/mol. The van der Waals surface area contributed by atoms with Crippen molar-refractivity contribution in [3.05, 3.63) is 72.2 Å². The Morgan fingerprint density at radius 1 is 1.00 bits per heavy atom. The van der Waals surface area contributed by atoms with Crippen molar-refractivity contribution in [2.45, 2.75) is 13.3 Å². The first-order valence-electron chi connectivity index (χ1n) is 7.55. The van der Waals surface area contributed by atoms with Gasteiger partial charge >= 0.3 is 0 Å². The molecule has 1 aliphatic heterocycles.